The van der Waals surface area contributed by atoms with Crippen LogP contribution in [0.4, 0.5) is 0 Å². The van der Waals surface area contributed by atoms with Gasteiger partial charge in [0.2, 0.25) is 15.9 Å². The largest absolute Gasteiger partial charge is 0.343 e. The highest BCUT2D eigenvalue weighted by atomic mass is 32.2. The number of fused-ring (bicyclic) bond motifs is 2. The van der Waals surface area contributed by atoms with Gasteiger partial charge in [-0.15, -0.1) is 0 Å². The molecule has 0 radical (unpaired) electrons. The number of rotatable bonds is 7. The summed E-state index contributed by atoms with van der Waals surface area (Å²) in [5.74, 6) is 0.510. The van der Waals surface area contributed by atoms with Gasteiger partial charge in [-0.2, -0.15) is 0 Å². The first-order valence-electron chi connectivity index (χ1n) is 8.96. The summed E-state index contributed by atoms with van der Waals surface area (Å²) in [7, 11) is -3.50. The number of amides is 1. The van der Waals surface area contributed by atoms with Crippen LogP contribution in [0.25, 0.3) is 0 Å². The Kier molecular flexibility index (Phi) is 4.53. The molecule has 3 fully saturated rings. The third-order valence-electron chi connectivity index (χ3n) is 6.67. The maximum Gasteiger partial charge on any atom is 0.222 e. The summed E-state index contributed by atoms with van der Waals surface area (Å²) in [5.41, 5.74) is -0.949. The summed E-state index contributed by atoms with van der Waals surface area (Å²) in [6, 6.07) is 0. The number of nitrogens with one attached hydrogen (secondary N) is 1. The van der Waals surface area contributed by atoms with E-state index in [4.69, 9.17) is 0 Å². The van der Waals surface area contributed by atoms with E-state index < -0.39 is 15.4 Å². The fourth-order valence-corrected chi connectivity index (χ4v) is 6.81. The highest BCUT2D eigenvalue weighted by Gasteiger charge is 2.65. The lowest BCUT2D eigenvalue weighted by molar-refractivity contribution is -0.128. The fourth-order valence-electron chi connectivity index (χ4n) is 4.92. The summed E-state index contributed by atoms with van der Waals surface area (Å²) in [4.78, 5) is 25.8. The van der Waals surface area contributed by atoms with Crippen LogP contribution in [0, 0.1) is 16.7 Å². The summed E-state index contributed by atoms with van der Waals surface area (Å²) in [6.07, 6.45) is 4.27. The molecule has 1 saturated heterocycles. The van der Waals surface area contributed by atoms with Crippen LogP contribution in [0.2, 0.25) is 0 Å². The average molecular weight is 356 g/mol. The quantitative estimate of drug-likeness (QED) is 0.697. The number of hydrogen-bond donors (Lipinski definition) is 1. The lowest BCUT2D eigenvalue weighted by Gasteiger charge is -2.36. The molecule has 0 aromatic rings. The van der Waals surface area contributed by atoms with Crippen LogP contribution < -0.4 is 4.72 Å². The number of likely N-dealkylation sites (tertiary alicyclic amines) is 1. The van der Waals surface area contributed by atoms with Crippen molar-refractivity contribution in [3.63, 3.8) is 0 Å². The van der Waals surface area contributed by atoms with E-state index >= 15 is 0 Å². The van der Waals surface area contributed by atoms with Crippen molar-refractivity contribution in [3.05, 3.63) is 0 Å². The number of carbonyl (C=O) groups excluding carboxylic acids is 2. The van der Waals surface area contributed by atoms with Crippen LogP contribution >= 0.6 is 0 Å². The lowest BCUT2D eigenvalue weighted by Crippen LogP contribution is -2.45. The minimum absolute atomic E-state index is 0.0923. The second-order valence-corrected chi connectivity index (χ2v) is 9.96. The van der Waals surface area contributed by atoms with Crippen LogP contribution in [0.3, 0.4) is 0 Å². The van der Waals surface area contributed by atoms with E-state index in [1.54, 1.807) is 4.90 Å². The van der Waals surface area contributed by atoms with Gasteiger partial charge in [0.15, 0.2) is 0 Å². The molecule has 3 aliphatic rings. The van der Waals surface area contributed by atoms with Crippen molar-refractivity contribution >= 4 is 21.7 Å². The third kappa shape index (κ3) is 2.90. The van der Waals surface area contributed by atoms with Gasteiger partial charge in [-0.05, 0) is 37.0 Å². The molecule has 0 aromatic heterocycles. The normalized spacial score (nSPS) is 32.1. The van der Waals surface area contributed by atoms with Gasteiger partial charge in [0.25, 0.3) is 0 Å². The molecule has 24 heavy (non-hydrogen) atoms. The van der Waals surface area contributed by atoms with Crippen molar-refractivity contribution in [2.24, 2.45) is 16.7 Å². The van der Waals surface area contributed by atoms with Gasteiger partial charge in [0.05, 0.1) is 5.75 Å². The van der Waals surface area contributed by atoms with Crippen molar-refractivity contribution in [3.8, 4) is 0 Å². The zero-order chi connectivity index (χ0) is 17.6. The summed E-state index contributed by atoms with van der Waals surface area (Å²) in [6.45, 7) is 5.78. The average Bonchev–Trinajstić information content (AvgIpc) is 3.05. The van der Waals surface area contributed by atoms with Gasteiger partial charge >= 0.3 is 0 Å². The third-order valence-corrected chi connectivity index (χ3v) is 8.19. The maximum atomic E-state index is 12.5. The summed E-state index contributed by atoms with van der Waals surface area (Å²) >= 11 is 0. The van der Waals surface area contributed by atoms with E-state index in [2.05, 4.69) is 4.72 Å². The molecule has 1 heterocycles. The van der Waals surface area contributed by atoms with Crippen molar-refractivity contribution < 1.29 is 18.0 Å². The molecular weight excluding hydrogens is 328 g/mol. The second kappa shape index (κ2) is 6.09. The van der Waals surface area contributed by atoms with Crippen molar-refractivity contribution in [2.75, 3.05) is 25.4 Å². The minimum Gasteiger partial charge on any atom is -0.343 e. The Bertz CT molecular complexity index is 643. The molecule has 2 saturated carbocycles. The Balaban J connectivity index is 1.54. The second-order valence-electron chi connectivity index (χ2n) is 8.16. The van der Waals surface area contributed by atoms with Crippen LogP contribution in [0.5, 0.6) is 0 Å². The van der Waals surface area contributed by atoms with E-state index in [0.717, 1.165) is 19.4 Å². The predicted molar refractivity (Wildman–Crippen MR) is 90.8 cm³/mol. The van der Waals surface area contributed by atoms with E-state index in [9.17, 15) is 18.0 Å². The molecule has 136 valence electrons. The molecule has 0 aromatic carbocycles. The van der Waals surface area contributed by atoms with Gasteiger partial charge in [-0.3, -0.25) is 9.59 Å². The molecule has 1 N–H and O–H groups in total. The number of hydrogen-bond acceptors (Lipinski definition) is 4. The standard InChI is InChI=1S/C17H28N2O4S/c1-16(2)13-6-7-17(16,14(20)11-13)12-24(22,23)18-8-4-10-19-9-3-5-15(19)21/h13,18H,3-12H2,1-2H3. The van der Waals surface area contributed by atoms with E-state index in [-0.39, 0.29) is 22.9 Å². The van der Waals surface area contributed by atoms with Crippen molar-refractivity contribution in [1.29, 1.82) is 0 Å². The van der Waals surface area contributed by atoms with E-state index in [1.807, 2.05) is 13.8 Å². The summed E-state index contributed by atoms with van der Waals surface area (Å²) in [5, 5.41) is 0. The number of sulfonamides is 1. The number of carbonyl (C=O) groups is 2. The first-order chi connectivity index (χ1) is 11.2. The van der Waals surface area contributed by atoms with Crippen LogP contribution in [0.1, 0.15) is 52.4 Å². The first kappa shape index (κ1) is 17.9. The minimum atomic E-state index is -3.50. The van der Waals surface area contributed by atoms with Crippen molar-refractivity contribution in [1.82, 2.24) is 9.62 Å². The van der Waals surface area contributed by atoms with Gasteiger partial charge in [-0.1, -0.05) is 13.8 Å². The molecule has 1 aliphatic heterocycles. The Labute approximate surface area is 144 Å². The molecule has 2 aliphatic carbocycles. The predicted octanol–water partition coefficient (Wildman–Crippen LogP) is 1.31. The number of ketones is 1. The highest BCUT2D eigenvalue weighted by molar-refractivity contribution is 7.89. The Morgan fingerprint density at radius 3 is 2.58 bits per heavy atom. The smallest absolute Gasteiger partial charge is 0.222 e. The molecule has 7 heteroatoms. The van der Waals surface area contributed by atoms with E-state index in [1.165, 1.54) is 0 Å². The Hall–Kier alpha value is -0.950. The van der Waals surface area contributed by atoms with Crippen LogP contribution in [0.15, 0.2) is 0 Å². The number of nitrogens with zero attached hydrogens (tertiary/aromatic N) is 1. The van der Waals surface area contributed by atoms with Crippen molar-refractivity contribution in [2.45, 2.75) is 52.4 Å². The zero-order valence-corrected chi connectivity index (χ0v) is 15.5. The lowest BCUT2D eigenvalue weighted by atomic mass is 9.70. The maximum absolute atomic E-state index is 12.5. The first-order valence-corrected chi connectivity index (χ1v) is 10.6. The van der Waals surface area contributed by atoms with Crippen LogP contribution in [-0.4, -0.2) is 50.4 Å². The summed E-state index contributed by atoms with van der Waals surface area (Å²) < 4.78 is 27.7. The molecule has 1 amide bonds. The Morgan fingerprint density at radius 2 is 2.04 bits per heavy atom. The van der Waals surface area contributed by atoms with Gasteiger partial charge in [-0.25, -0.2) is 13.1 Å². The SMILES string of the molecule is CC1(C)C2CCC1(CS(=O)(=O)NCCCN1CCCC1=O)C(=O)C2. The molecule has 2 atom stereocenters. The van der Waals surface area contributed by atoms with Crippen LogP contribution in [-0.2, 0) is 19.6 Å². The molecule has 2 unspecified atom stereocenters. The molecule has 3 rings (SSSR count). The fraction of sp³-hybridized carbons (Fsp3) is 0.882. The van der Waals surface area contributed by atoms with E-state index in [0.29, 0.717) is 44.7 Å². The number of Topliss-reactive ketones (excluding diaryl/α,β-unsaturated/α-hetero) is 1. The molecule has 0 spiro atoms. The zero-order valence-electron chi connectivity index (χ0n) is 14.6. The van der Waals surface area contributed by atoms with Gasteiger partial charge < -0.3 is 4.90 Å². The molecular formula is C17H28N2O4S. The molecule has 2 bridgehead atoms. The monoisotopic (exact) mass is 356 g/mol. The topological polar surface area (TPSA) is 83.6 Å². The van der Waals surface area contributed by atoms with Gasteiger partial charge in [0, 0.05) is 37.9 Å². The Morgan fingerprint density at radius 1 is 1.29 bits per heavy atom. The highest BCUT2D eigenvalue weighted by Crippen LogP contribution is 2.64. The molecule has 6 nitrogen and oxygen atoms in total. The van der Waals surface area contributed by atoms with Gasteiger partial charge in [0.1, 0.15) is 5.78 Å².